The zero-order chi connectivity index (χ0) is 36.3. The average Bonchev–Trinajstić information content (AvgIpc) is 3.82. The van der Waals surface area contributed by atoms with E-state index >= 15 is 0 Å². The molecule has 3 heteroatoms. The van der Waals surface area contributed by atoms with E-state index < -0.39 is 0 Å². The third kappa shape index (κ3) is 5.40. The summed E-state index contributed by atoms with van der Waals surface area (Å²) in [5.41, 5.74) is 12.2. The van der Waals surface area contributed by atoms with Crippen molar-refractivity contribution in [3.63, 3.8) is 0 Å². The number of furan rings is 1. The molecule has 2 aromatic heterocycles. The van der Waals surface area contributed by atoms with Crippen LogP contribution in [-0.2, 0) is 0 Å². The lowest BCUT2D eigenvalue weighted by Crippen LogP contribution is -2.11. The van der Waals surface area contributed by atoms with Crippen LogP contribution in [0.1, 0.15) is 0 Å². The Hall–Kier alpha value is -6.94. The van der Waals surface area contributed by atoms with Gasteiger partial charge in [0.2, 0.25) is 0 Å². The van der Waals surface area contributed by atoms with Gasteiger partial charge >= 0.3 is 0 Å². The molecule has 2 nitrogen and oxygen atoms in total. The van der Waals surface area contributed by atoms with Gasteiger partial charge in [-0.2, -0.15) is 0 Å². The molecule has 0 N–H and O–H groups in total. The van der Waals surface area contributed by atoms with E-state index in [0.29, 0.717) is 0 Å². The Morgan fingerprint density at radius 1 is 0.364 bits per heavy atom. The molecule has 0 unspecified atom stereocenters. The highest BCUT2D eigenvalue weighted by Crippen LogP contribution is 2.45. The zero-order valence-electron chi connectivity index (χ0n) is 29.8. The van der Waals surface area contributed by atoms with Gasteiger partial charge in [0.15, 0.2) is 0 Å². The second-order valence-corrected chi connectivity index (χ2v) is 15.2. The van der Waals surface area contributed by atoms with Gasteiger partial charge in [-0.15, -0.1) is 11.3 Å². The number of nitrogens with zero attached hydrogens (tertiary/aromatic N) is 1. The fourth-order valence-corrected chi connectivity index (χ4v) is 9.37. The number of benzene rings is 9. The van der Waals surface area contributed by atoms with E-state index in [1.165, 1.54) is 53.2 Å². The van der Waals surface area contributed by atoms with Crippen LogP contribution in [0.5, 0.6) is 0 Å². The van der Waals surface area contributed by atoms with Crippen LogP contribution in [0.15, 0.2) is 205 Å². The van der Waals surface area contributed by atoms with Crippen molar-refractivity contribution in [1.82, 2.24) is 0 Å². The Labute approximate surface area is 322 Å². The summed E-state index contributed by atoms with van der Waals surface area (Å²) < 4.78 is 8.84. The topological polar surface area (TPSA) is 16.4 Å². The highest BCUT2D eigenvalue weighted by atomic mass is 32.1. The van der Waals surface area contributed by atoms with Gasteiger partial charge in [0.25, 0.3) is 0 Å². The molecule has 0 atom stereocenters. The normalized spacial score (nSPS) is 11.6. The molecule has 0 radical (unpaired) electrons. The minimum Gasteiger partial charge on any atom is -0.456 e. The maximum atomic E-state index is 6.23. The van der Waals surface area contributed by atoms with E-state index in [1.807, 2.05) is 23.5 Å². The van der Waals surface area contributed by atoms with Crippen LogP contribution in [0.3, 0.4) is 0 Å². The third-order valence-corrected chi connectivity index (χ3v) is 12.0. The number of thiophene rings is 1. The van der Waals surface area contributed by atoms with Crippen molar-refractivity contribution in [3.8, 4) is 33.4 Å². The summed E-state index contributed by atoms with van der Waals surface area (Å²) in [5, 5.41) is 7.35. The molecule has 0 saturated carbocycles. The Kier molecular flexibility index (Phi) is 7.39. The van der Waals surface area contributed by atoms with E-state index in [1.54, 1.807) is 0 Å². The summed E-state index contributed by atoms with van der Waals surface area (Å²) in [5.74, 6) is 0. The molecule has 0 spiro atoms. The highest BCUT2D eigenvalue weighted by Gasteiger charge is 2.20. The largest absolute Gasteiger partial charge is 0.456 e. The van der Waals surface area contributed by atoms with E-state index in [2.05, 4.69) is 193 Å². The van der Waals surface area contributed by atoms with Crippen molar-refractivity contribution in [2.24, 2.45) is 0 Å². The molecule has 258 valence electrons. The maximum absolute atomic E-state index is 6.23. The molecular formula is C52H33NOS. The molecule has 0 fully saturated rings. The smallest absolute Gasteiger partial charge is 0.135 e. The fraction of sp³-hybridized carbons (Fsp3) is 0. The number of para-hydroxylation sites is 2. The minimum absolute atomic E-state index is 0.895. The lowest BCUT2D eigenvalue weighted by Gasteiger charge is -2.28. The Morgan fingerprint density at radius 2 is 1.04 bits per heavy atom. The molecule has 11 aromatic rings. The van der Waals surface area contributed by atoms with Gasteiger partial charge in [0, 0.05) is 47.9 Å². The SMILES string of the molecule is c1cc(-c2cccc3sc4ccccc4c23)cc(N(c2ccc(-c3ccc4ccccc4c3)cc2)c2ccccc2-c2ccc3oc4ccccc4c3c2)c1. The number of hydrogen-bond donors (Lipinski definition) is 0. The predicted molar refractivity (Wildman–Crippen MR) is 235 cm³/mol. The fourth-order valence-electron chi connectivity index (χ4n) is 8.23. The summed E-state index contributed by atoms with van der Waals surface area (Å²) in [7, 11) is 0. The second-order valence-electron chi connectivity index (χ2n) is 14.1. The van der Waals surface area contributed by atoms with Crippen molar-refractivity contribution in [1.29, 1.82) is 0 Å². The molecule has 0 aliphatic rings. The number of anilines is 3. The Bertz CT molecular complexity index is 3220. The van der Waals surface area contributed by atoms with Gasteiger partial charge in [0.1, 0.15) is 11.2 Å². The molecule has 9 aromatic carbocycles. The average molecular weight is 720 g/mol. The monoisotopic (exact) mass is 719 g/mol. The first-order valence-corrected chi connectivity index (χ1v) is 19.5. The molecular weight excluding hydrogens is 687 g/mol. The third-order valence-electron chi connectivity index (χ3n) is 10.9. The lowest BCUT2D eigenvalue weighted by atomic mass is 9.97. The van der Waals surface area contributed by atoms with E-state index in [0.717, 1.165) is 50.1 Å². The van der Waals surface area contributed by atoms with Crippen molar-refractivity contribution < 1.29 is 4.42 Å². The second kappa shape index (κ2) is 12.9. The minimum atomic E-state index is 0.895. The zero-order valence-corrected chi connectivity index (χ0v) is 30.6. The van der Waals surface area contributed by atoms with E-state index in [-0.39, 0.29) is 0 Å². The molecule has 55 heavy (non-hydrogen) atoms. The first kappa shape index (κ1) is 31.6. The molecule has 11 rings (SSSR count). The summed E-state index contributed by atoms with van der Waals surface area (Å²) in [6.07, 6.45) is 0. The van der Waals surface area contributed by atoms with Crippen LogP contribution < -0.4 is 4.90 Å². The molecule has 0 saturated heterocycles. The molecule has 0 bridgehead atoms. The van der Waals surface area contributed by atoms with Crippen LogP contribution >= 0.6 is 11.3 Å². The molecule has 2 heterocycles. The number of rotatable bonds is 6. The quantitative estimate of drug-likeness (QED) is 0.170. The van der Waals surface area contributed by atoms with Crippen molar-refractivity contribution in [2.75, 3.05) is 4.90 Å². The molecule has 0 aliphatic heterocycles. The van der Waals surface area contributed by atoms with Crippen LogP contribution in [0.2, 0.25) is 0 Å². The summed E-state index contributed by atoms with van der Waals surface area (Å²) in [6.45, 7) is 0. The maximum Gasteiger partial charge on any atom is 0.135 e. The van der Waals surface area contributed by atoms with Gasteiger partial charge in [-0.1, -0.05) is 133 Å². The van der Waals surface area contributed by atoms with Crippen LogP contribution in [0.25, 0.3) is 86.3 Å². The van der Waals surface area contributed by atoms with E-state index in [9.17, 15) is 0 Å². The molecule has 0 amide bonds. The number of hydrogen-bond acceptors (Lipinski definition) is 3. The van der Waals surface area contributed by atoms with Crippen molar-refractivity contribution >= 4 is 81.3 Å². The van der Waals surface area contributed by atoms with Gasteiger partial charge < -0.3 is 9.32 Å². The summed E-state index contributed by atoms with van der Waals surface area (Å²) in [6, 6.07) is 72.4. The van der Waals surface area contributed by atoms with Crippen LogP contribution in [-0.4, -0.2) is 0 Å². The Balaban J connectivity index is 1.09. The van der Waals surface area contributed by atoms with Crippen molar-refractivity contribution in [3.05, 3.63) is 200 Å². The first-order chi connectivity index (χ1) is 27.2. The summed E-state index contributed by atoms with van der Waals surface area (Å²) in [4.78, 5) is 2.41. The predicted octanol–water partition coefficient (Wildman–Crippen LogP) is 15.6. The highest BCUT2D eigenvalue weighted by molar-refractivity contribution is 7.25. The van der Waals surface area contributed by atoms with Gasteiger partial charge in [0.05, 0.1) is 5.69 Å². The summed E-state index contributed by atoms with van der Waals surface area (Å²) >= 11 is 1.86. The Morgan fingerprint density at radius 3 is 1.96 bits per heavy atom. The van der Waals surface area contributed by atoms with Gasteiger partial charge in [-0.05, 0) is 105 Å². The van der Waals surface area contributed by atoms with Crippen LogP contribution in [0.4, 0.5) is 17.1 Å². The first-order valence-electron chi connectivity index (χ1n) is 18.7. The number of fused-ring (bicyclic) bond motifs is 7. The van der Waals surface area contributed by atoms with Gasteiger partial charge in [-0.25, -0.2) is 0 Å². The lowest BCUT2D eigenvalue weighted by molar-refractivity contribution is 0.669. The van der Waals surface area contributed by atoms with Crippen molar-refractivity contribution in [2.45, 2.75) is 0 Å². The van der Waals surface area contributed by atoms with Gasteiger partial charge in [-0.3, -0.25) is 0 Å². The van der Waals surface area contributed by atoms with E-state index in [4.69, 9.17) is 4.42 Å². The molecule has 0 aliphatic carbocycles. The standard InChI is InChI=1S/C52H33NOS/c1-2-12-36-31-37(24-23-34(36)11-1)35-25-28-40(29-26-35)53(41-14-9-13-38(32-41)43-18-10-22-51-52(43)45-17-5-8-21-50(45)55-51)47-19-6-3-15-42(47)39-27-30-49-46(33-39)44-16-4-7-20-48(44)54-49/h1-33H. The van der Waals surface area contributed by atoms with Crippen LogP contribution in [0, 0.1) is 0 Å².